The van der Waals surface area contributed by atoms with Crippen molar-refractivity contribution in [2.75, 3.05) is 0 Å². The SMILES string of the molecule is CCn1c2cc3cc(-c4ccccc4)[n+](Cc4ccco4)cc3cc2c2cc(C)cc(C)c21.O=S(=O)([O-])C(F)(F)F. The van der Waals surface area contributed by atoms with Gasteiger partial charge in [0, 0.05) is 39.8 Å². The normalized spacial score (nSPS) is 12.2. The molecule has 0 aliphatic heterocycles. The molecule has 0 aliphatic rings. The van der Waals surface area contributed by atoms with Crippen LogP contribution in [0.4, 0.5) is 13.2 Å². The summed E-state index contributed by atoms with van der Waals surface area (Å²) in [6, 6.07) is 26.3. The summed E-state index contributed by atoms with van der Waals surface area (Å²) in [5.41, 5.74) is 2.04. The lowest BCUT2D eigenvalue weighted by atomic mass is 10.0. The van der Waals surface area contributed by atoms with Gasteiger partial charge < -0.3 is 13.5 Å². The van der Waals surface area contributed by atoms with Crippen molar-refractivity contribution in [3.05, 3.63) is 102 Å². The predicted octanol–water partition coefficient (Wildman–Crippen LogP) is 7.23. The van der Waals surface area contributed by atoms with Gasteiger partial charge in [-0.25, -0.2) is 8.42 Å². The highest BCUT2D eigenvalue weighted by Gasteiger charge is 2.37. The predicted molar refractivity (Wildman–Crippen MR) is 151 cm³/mol. The number of halogens is 3. The fraction of sp³-hybridized carbons (Fsp3) is 0.194. The standard InChI is InChI=1S/C30H27N2O.CHF3O3S/c1-4-32-29-17-23-16-28(22-9-6-5-7-10-22)31(19-25-11-8-12-33-25)18-24(23)15-26(29)27-14-20(2)13-21(3)30(27)32;2-1(3,4)8(5,6)7/h5-18H,4,19H2,1-3H3;(H,5,6,7)/q+1;/p-1. The van der Waals surface area contributed by atoms with E-state index in [-0.39, 0.29) is 0 Å². The van der Waals surface area contributed by atoms with Crippen molar-refractivity contribution in [1.29, 1.82) is 0 Å². The smallest absolute Gasteiger partial charge is 0.485 e. The van der Waals surface area contributed by atoms with Gasteiger partial charge in [0.1, 0.15) is 0 Å². The Labute approximate surface area is 235 Å². The second-order valence-corrected chi connectivity index (χ2v) is 11.2. The first kappa shape index (κ1) is 28.4. The second kappa shape index (κ2) is 10.7. The van der Waals surface area contributed by atoms with E-state index in [1.807, 2.05) is 12.1 Å². The molecule has 0 saturated heterocycles. The number of aryl methyl sites for hydroxylation is 3. The Bertz CT molecular complexity index is 1980. The molecule has 0 N–H and O–H groups in total. The highest BCUT2D eigenvalue weighted by atomic mass is 32.2. The van der Waals surface area contributed by atoms with Gasteiger partial charge in [-0.3, -0.25) is 0 Å². The third kappa shape index (κ3) is 5.57. The average Bonchev–Trinajstić information content (AvgIpc) is 3.52. The van der Waals surface area contributed by atoms with Gasteiger partial charge in [0.25, 0.3) is 0 Å². The minimum absolute atomic E-state index is 0.695. The largest absolute Gasteiger partial charge is 0.741 e. The lowest BCUT2D eigenvalue weighted by Crippen LogP contribution is -2.36. The minimum atomic E-state index is -6.09. The van der Waals surface area contributed by atoms with E-state index in [4.69, 9.17) is 17.4 Å². The van der Waals surface area contributed by atoms with Gasteiger partial charge in [0.2, 0.25) is 12.2 Å². The van der Waals surface area contributed by atoms with Crippen molar-refractivity contribution < 1.29 is 35.1 Å². The van der Waals surface area contributed by atoms with Crippen LogP contribution in [-0.2, 0) is 23.2 Å². The molecule has 3 aromatic carbocycles. The summed E-state index contributed by atoms with van der Waals surface area (Å²) < 4.78 is 69.4. The van der Waals surface area contributed by atoms with Crippen LogP contribution in [0.3, 0.4) is 0 Å². The maximum absolute atomic E-state index is 10.7. The zero-order valence-electron chi connectivity index (χ0n) is 22.6. The van der Waals surface area contributed by atoms with E-state index in [0.29, 0.717) is 6.54 Å². The lowest BCUT2D eigenvalue weighted by molar-refractivity contribution is -0.677. The number of benzene rings is 3. The molecule has 0 aliphatic carbocycles. The summed E-state index contributed by atoms with van der Waals surface area (Å²) in [6.45, 7) is 8.30. The molecule has 6 aromatic rings. The quantitative estimate of drug-likeness (QED) is 0.125. The van der Waals surface area contributed by atoms with Crippen molar-refractivity contribution in [3.8, 4) is 11.3 Å². The molecule has 0 unspecified atom stereocenters. The molecule has 6 nitrogen and oxygen atoms in total. The van der Waals surface area contributed by atoms with Crippen LogP contribution < -0.4 is 4.57 Å². The van der Waals surface area contributed by atoms with E-state index in [1.54, 1.807) is 6.26 Å². The molecule has 0 saturated carbocycles. The summed E-state index contributed by atoms with van der Waals surface area (Å²) in [4.78, 5) is 0. The number of nitrogens with zero attached hydrogens (tertiary/aromatic N) is 2. The molecule has 0 fully saturated rings. The monoisotopic (exact) mass is 580 g/mol. The number of furan rings is 1. The highest BCUT2D eigenvalue weighted by Crippen LogP contribution is 2.35. The number of alkyl halides is 3. The lowest BCUT2D eigenvalue weighted by Gasteiger charge is -2.08. The molecule has 6 rings (SSSR count). The van der Waals surface area contributed by atoms with Crippen molar-refractivity contribution in [2.45, 2.75) is 39.4 Å². The summed E-state index contributed by atoms with van der Waals surface area (Å²) >= 11 is 0. The molecular formula is C31H27F3N2O4S. The van der Waals surface area contributed by atoms with Crippen molar-refractivity contribution >= 4 is 42.7 Å². The average molecular weight is 581 g/mol. The molecule has 0 atom stereocenters. The molecular weight excluding hydrogens is 553 g/mol. The van der Waals surface area contributed by atoms with E-state index in [1.165, 1.54) is 55.0 Å². The highest BCUT2D eigenvalue weighted by molar-refractivity contribution is 7.86. The van der Waals surface area contributed by atoms with E-state index in [9.17, 15) is 13.2 Å². The Hall–Kier alpha value is -4.15. The van der Waals surface area contributed by atoms with Crippen LogP contribution in [0.15, 0.2) is 89.7 Å². The molecule has 0 spiro atoms. The van der Waals surface area contributed by atoms with Crippen molar-refractivity contribution in [2.24, 2.45) is 0 Å². The number of fused-ring (bicyclic) bond motifs is 4. The second-order valence-electron chi connectivity index (χ2n) is 9.85. The zero-order valence-corrected chi connectivity index (χ0v) is 23.4. The number of hydrogen-bond donors (Lipinski definition) is 0. The maximum Gasteiger partial charge on any atom is 0.485 e. The zero-order chi connectivity index (χ0) is 29.5. The van der Waals surface area contributed by atoms with Gasteiger partial charge in [-0.2, -0.15) is 17.7 Å². The van der Waals surface area contributed by atoms with Gasteiger partial charge >= 0.3 is 5.51 Å². The number of rotatable bonds is 4. The van der Waals surface area contributed by atoms with E-state index in [2.05, 4.69) is 96.8 Å². The van der Waals surface area contributed by atoms with Crippen LogP contribution >= 0.6 is 0 Å². The first-order valence-electron chi connectivity index (χ1n) is 12.9. The molecule has 3 aromatic heterocycles. The van der Waals surface area contributed by atoms with Crippen molar-refractivity contribution in [3.63, 3.8) is 0 Å². The Kier molecular flexibility index (Phi) is 7.39. The van der Waals surface area contributed by atoms with E-state index >= 15 is 0 Å². The van der Waals surface area contributed by atoms with Crippen LogP contribution in [0.5, 0.6) is 0 Å². The molecule has 41 heavy (non-hydrogen) atoms. The first-order valence-corrected chi connectivity index (χ1v) is 14.3. The van der Waals surface area contributed by atoms with Gasteiger partial charge in [0.05, 0.1) is 11.8 Å². The third-order valence-corrected chi connectivity index (χ3v) is 7.54. The Morgan fingerprint density at radius 1 is 0.927 bits per heavy atom. The molecule has 212 valence electrons. The van der Waals surface area contributed by atoms with Gasteiger partial charge in [0.15, 0.2) is 22.1 Å². The van der Waals surface area contributed by atoms with Gasteiger partial charge in [-0.05, 0) is 74.2 Å². The molecule has 3 heterocycles. The topological polar surface area (TPSA) is 79.1 Å². The van der Waals surface area contributed by atoms with E-state index < -0.39 is 15.6 Å². The molecule has 0 bridgehead atoms. The molecule has 0 amide bonds. The fourth-order valence-corrected chi connectivity index (χ4v) is 5.30. The molecule has 10 heteroatoms. The van der Waals surface area contributed by atoms with Crippen LogP contribution in [-0.4, -0.2) is 23.0 Å². The maximum atomic E-state index is 10.7. The Morgan fingerprint density at radius 3 is 2.24 bits per heavy atom. The van der Waals surface area contributed by atoms with Crippen LogP contribution in [0.1, 0.15) is 23.8 Å². The summed E-state index contributed by atoms with van der Waals surface area (Å²) in [6.07, 6.45) is 4.02. The Balaban J connectivity index is 0.000000372. The first-order chi connectivity index (χ1) is 19.4. The summed E-state index contributed by atoms with van der Waals surface area (Å²) in [5.74, 6) is 0.950. The van der Waals surface area contributed by atoms with Crippen molar-refractivity contribution in [1.82, 2.24) is 4.57 Å². The Morgan fingerprint density at radius 2 is 1.63 bits per heavy atom. The van der Waals surface area contributed by atoms with E-state index in [0.717, 1.165) is 12.3 Å². The third-order valence-electron chi connectivity index (χ3n) is 6.97. The number of aromatic nitrogens is 2. The minimum Gasteiger partial charge on any atom is -0.741 e. The van der Waals surface area contributed by atoms with Crippen LogP contribution in [0.2, 0.25) is 0 Å². The van der Waals surface area contributed by atoms with Crippen LogP contribution in [0.25, 0.3) is 43.8 Å². The number of pyridine rings is 1. The fourth-order valence-electron chi connectivity index (χ4n) is 5.30. The summed E-state index contributed by atoms with van der Waals surface area (Å²) in [7, 11) is -6.09. The number of hydrogen-bond acceptors (Lipinski definition) is 4. The van der Waals surface area contributed by atoms with Gasteiger partial charge in [-0.15, -0.1) is 0 Å². The van der Waals surface area contributed by atoms with Crippen LogP contribution in [0, 0.1) is 13.8 Å². The van der Waals surface area contributed by atoms with Gasteiger partial charge in [-0.1, -0.05) is 29.8 Å². The molecule has 0 radical (unpaired) electrons. The summed E-state index contributed by atoms with van der Waals surface area (Å²) in [5, 5.41) is 5.16.